The highest BCUT2D eigenvalue weighted by Crippen LogP contribution is 2.35. The van der Waals surface area contributed by atoms with E-state index in [1.165, 1.54) is 43.9 Å². The van der Waals surface area contributed by atoms with Crippen molar-refractivity contribution in [1.82, 2.24) is 20.5 Å². The Balaban J connectivity index is 0.00000301. The van der Waals surface area contributed by atoms with Gasteiger partial charge in [0.25, 0.3) is 11.8 Å². The summed E-state index contributed by atoms with van der Waals surface area (Å²) in [6.07, 6.45) is -0.0715. The van der Waals surface area contributed by atoms with E-state index in [0.717, 1.165) is 4.90 Å². The predicted molar refractivity (Wildman–Crippen MR) is 162 cm³/mol. The zero-order valence-corrected chi connectivity index (χ0v) is 26.1. The van der Waals surface area contributed by atoms with Crippen LogP contribution in [0.5, 0.6) is 0 Å². The van der Waals surface area contributed by atoms with Crippen LogP contribution in [0.25, 0.3) is 10.9 Å². The van der Waals surface area contributed by atoms with Crippen molar-refractivity contribution in [1.29, 1.82) is 0 Å². The molecular formula is C27H31Cl2F3N6O3S. The molecule has 0 saturated carbocycles. The first-order chi connectivity index (χ1) is 19.5. The van der Waals surface area contributed by atoms with Crippen LogP contribution in [0.1, 0.15) is 38.1 Å². The predicted octanol–water partition coefficient (Wildman–Crippen LogP) is 6.26. The van der Waals surface area contributed by atoms with Gasteiger partial charge in [-0.3, -0.25) is 18.9 Å². The standard InChI is InChI=1S/C25H25Cl2F3N6O3S.C2H6/c1-13(25(28,29)30)9-17(36(4)21-15(26)7-6-8-31-21)22(37)33-20-16(27)10-14-11-32-35-19(14)18(20)23(38)34-24(2,3)12-40(5)39;1-2/h6-11H,1,12H2,2-5H3,(H,32,35)(H,33,37)(H,34,38);1-2H3/b17-9-;. The molecule has 2 aromatic heterocycles. The molecule has 0 spiro atoms. The Morgan fingerprint density at radius 1 is 1.21 bits per heavy atom. The van der Waals surface area contributed by atoms with Crippen LogP contribution in [0, 0.1) is 0 Å². The molecule has 2 amide bonds. The minimum atomic E-state index is -4.84. The molecule has 228 valence electrons. The van der Waals surface area contributed by atoms with Gasteiger partial charge in [-0.15, -0.1) is 0 Å². The third-order valence-corrected chi connectivity index (χ3v) is 7.22. The molecule has 3 N–H and O–H groups in total. The van der Waals surface area contributed by atoms with Crippen molar-refractivity contribution in [2.24, 2.45) is 0 Å². The van der Waals surface area contributed by atoms with Crippen molar-refractivity contribution in [3.8, 4) is 0 Å². The number of H-pyrrole nitrogens is 1. The number of aromatic amines is 1. The Labute approximate surface area is 254 Å². The minimum Gasteiger partial charge on any atom is -0.346 e. The average Bonchev–Trinajstić information content (AvgIpc) is 3.34. The zero-order chi connectivity index (χ0) is 32.0. The van der Waals surface area contributed by atoms with Gasteiger partial charge in [-0.1, -0.05) is 43.6 Å². The first-order valence-corrected chi connectivity index (χ1v) is 14.9. The van der Waals surface area contributed by atoms with Crippen LogP contribution in [0.2, 0.25) is 10.0 Å². The first kappa shape index (κ1) is 34.8. The van der Waals surface area contributed by atoms with Gasteiger partial charge in [-0.05, 0) is 38.1 Å². The lowest BCUT2D eigenvalue weighted by Gasteiger charge is -2.26. The van der Waals surface area contributed by atoms with Crippen LogP contribution in [-0.2, 0) is 15.6 Å². The summed E-state index contributed by atoms with van der Waals surface area (Å²) in [5, 5.41) is 12.2. The number of hydrogen-bond donors (Lipinski definition) is 3. The molecule has 15 heteroatoms. The molecule has 0 bridgehead atoms. The Hall–Kier alpha value is -3.42. The number of nitrogens with zero attached hydrogens (tertiary/aromatic N) is 3. The summed E-state index contributed by atoms with van der Waals surface area (Å²) in [5.41, 5.74) is -2.92. The highest BCUT2D eigenvalue weighted by molar-refractivity contribution is 7.84. The van der Waals surface area contributed by atoms with Crippen LogP contribution < -0.4 is 15.5 Å². The molecule has 42 heavy (non-hydrogen) atoms. The zero-order valence-electron chi connectivity index (χ0n) is 23.7. The van der Waals surface area contributed by atoms with E-state index in [-0.39, 0.29) is 38.4 Å². The van der Waals surface area contributed by atoms with Gasteiger partial charge in [0.1, 0.15) is 5.70 Å². The van der Waals surface area contributed by atoms with Crippen LogP contribution >= 0.6 is 23.2 Å². The number of allylic oxidation sites excluding steroid dienone is 2. The Kier molecular flexibility index (Phi) is 11.7. The molecule has 1 atom stereocenters. The third kappa shape index (κ3) is 8.55. The quantitative estimate of drug-likeness (QED) is 0.187. The van der Waals surface area contributed by atoms with Gasteiger partial charge in [-0.25, -0.2) is 4.98 Å². The fraction of sp³-hybridized carbons (Fsp3) is 0.333. The largest absolute Gasteiger partial charge is 0.415 e. The van der Waals surface area contributed by atoms with Gasteiger partial charge in [0, 0.05) is 47.0 Å². The molecule has 0 aliphatic carbocycles. The highest BCUT2D eigenvalue weighted by Gasteiger charge is 2.33. The van der Waals surface area contributed by atoms with Crippen LogP contribution in [0.3, 0.4) is 0 Å². The number of amides is 2. The van der Waals surface area contributed by atoms with Crippen molar-refractivity contribution in [2.45, 2.75) is 39.4 Å². The second-order valence-electron chi connectivity index (χ2n) is 9.37. The highest BCUT2D eigenvalue weighted by atomic mass is 35.5. The van der Waals surface area contributed by atoms with Crippen LogP contribution in [-0.4, -0.2) is 62.0 Å². The maximum atomic E-state index is 13.6. The van der Waals surface area contributed by atoms with E-state index < -0.39 is 45.6 Å². The van der Waals surface area contributed by atoms with E-state index >= 15 is 0 Å². The number of halogens is 5. The normalized spacial score (nSPS) is 12.7. The number of nitrogens with one attached hydrogen (secondary N) is 3. The minimum absolute atomic E-state index is 0.0112. The first-order valence-electron chi connectivity index (χ1n) is 12.4. The van der Waals surface area contributed by atoms with Crippen molar-refractivity contribution < 1.29 is 27.0 Å². The smallest absolute Gasteiger partial charge is 0.346 e. The Bertz CT molecular complexity index is 1540. The van der Waals surface area contributed by atoms with Crippen molar-refractivity contribution in [3.63, 3.8) is 0 Å². The maximum absolute atomic E-state index is 13.6. The van der Waals surface area contributed by atoms with Gasteiger partial charge in [0.2, 0.25) is 0 Å². The van der Waals surface area contributed by atoms with Gasteiger partial charge in [0.05, 0.1) is 38.6 Å². The lowest BCUT2D eigenvalue weighted by molar-refractivity contribution is -0.112. The average molecular weight is 648 g/mol. The van der Waals surface area contributed by atoms with Gasteiger partial charge < -0.3 is 15.5 Å². The molecular weight excluding hydrogens is 616 g/mol. The number of hydrogen-bond acceptors (Lipinski definition) is 6. The summed E-state index contributed by atoms with van der Waals surface area (Å²) in [6.45, 7) is 10.3. The molecule has 0 radical (unpaired) electrons. The SMILES string of the molecule is C=C(/C=C(/C(=O)Nc1c(Cl)cc2cn[nH]c2c1C(=O)NC(C)(C)CS(C)=O)N(C)c1ncccc1Cl)C(F)(F)F.CC. The number of rotatable bonds is 9. The molecule has 2 heterocycles. The number of anilines is 2. The molecule has 0 saturated heterocycles. The molecule has 0 fully saturated rings. The molecule has 1 unspecified atom stereocenters. The Morgan fingerprint density at radius 2 is 1.86 bits per heavy atom. The lowest BCUT2D eigenvalue weighted by Crippen LogP contribution is -2.47. The summed E-state index contributed by atoms with van der Waals surface area (Å²) in [7, 11) is 0.0441. The van der Waals surface area contributed by atoms with Crippen molar-refractivity contribution in [2.75, 3.05) is 29.3 Å². The van der Waals surface area contributed by atoms with Crippen LogP contribution in [0.15, 0.2) is 54.5 Å². The van der Waals surface area contributed by atoms with Crippen LogP contribution in [0.4, 0.5) is 24.7 Å². The number of carbonyl (C=O) groups is 2. The Morgan fingerprint density at radius 3 is 2.43 bits per heavy atom. The van der Waals surface area contributed by atoms with Gasteiger partial charge >= 0.3 is 6.18 Å². The third-order valence-electron chi connectivity index (χ3n) is 5.50. The molecule has 0 aliphatic rings. The fourth-order valence-corrected chi connectivity index (χ4v) is 5.40. The molecule has 3 aromatic rings. The molecule has 9 nitrogen and oxygen atoms in total. The fourth-order valence-electron chi connectivity index (χ4n) is 3.80. The van der Waals surface area contributed by atoms with E-state index in [9.17, 15) is 27.0 Å². The van der Waals surface area contributed by atoms with Crippen molar-refractivity contribution in [3.05, 3.63) is 70.1 Å². The monoisotopic (exact) mass is 646 g/mol. The van der Waals surface area contributed by atoms with Crippen molar-refractivity contribution >= 4 is 68.2 Å². The summed E-state index contributed by atoms with van der Waals surface area (Å²) in [5.74, 6) is -1.66. The summed E-state index contributed by atoms with van der Waals surface area (Å²) >= 11 is 12.6. The second kappa shape index (κ2) is 14.2. The molecule has 1 aromatic carbocycles. The summed E-state index contributed by atoms with van der Waals surface area (Å²) in [4.78, 5) is 32.2. The van der Waals surface area contributed by atoms with Gasteiger partial charge in [0.15, 0.2) is 5.82 Å². The van der Waals surface area contributed by atoms with E-state index in [1.54, 1.807) is 13.8 Å². The molecule has 3 rings (SSSR count). The summed E-state index contributed by atoms with van der Waals surface area (Å²) in [6, 6.07) is 4.39. The van der Waals surface area contributed by atoms with E-state index in [0.29, 0.717) is 11.5 Å². The second-order valence-corrected chi connectivity index (χ2v) is 11.6. The maximum Gasteiger partial charge on any atom is 0.415 e. The van der Waals surface area contributed by atoms with Gasteiger partial charge in [-0.2, -0.15) is 18.3 Å². The number of fused-ring (bicyclic) bond motifs is 1. The summed E-state index contributed by atoms with van der Waals surface area (Å²) < 4.78 is 52.1. The number of likely N-dealkylation sites (N-methyl/N-ethyl adjacent to an activating group) is 1. The number of aromatic nitrogens is 3. The van der Waals surface area contributed by atoms with E-state index in [2.05, 4.69) is 32.4 Å². The van der Waals surface area contributed by atoms with E-state index in [1.807, 2.05) is 13.8 Å². The topological polar surface area (TPSA) is 120 Å². The number of alkyl halides is 3. The lowest BCUT2D eigenvalue weighted by atomic mass is 10.0. The molecule has 0 aliphatic heterocycles. The number of pyridine rings is 1. The number of carbonyl (C=O) groups excluding carboxylic acids is 2. The van der Waals surface area contributed by atoms with E-state index in [4.69, 9.17) is 23.2 Å². The number of benzene rings is 1.